The monoisotopic (exact) mass is 657 g/mol. The van der Waals surface area contributed by atoms with Gasteiger partial charge in [-0.25, -0.2) is 4.85 Å². The first-order valence-corrected chi connectivity index (χ1v) is 15.8. The number of carbonyl (C=O) groups is 2. The largest absolute Gasteiger partial charge is 0.469 e. The molecule has 1 aromatic heterocycles. The molecule has 0 fully saturated rings. The summed E-state index contributed by atoms with van der Waals surface area (Å²) in [7, 11) is 1.27. The normalized spacial score (nSPS) is 11.0. The van der Waals surface area contributed by atoms with E-state index < -0.39 is 11.9 Å². The standard InChI is InChI=1S/C32H43N5O8S/c1-23(2)37(26-7-8-27(24(3)21-26)35-36-32-31(34-5)25(4)28(22-33)46-32)11-12-41-13-14-42-15-16-43-17-18-44-19-20-45-30(39)10-9-29(38)40-6/h7-8,21,23H,9-20H2,1-4,6H3. The fourth-order valence-electron chi connectivity index (χ4n) is 4.03. The van der Waals surface area contributed by atoms with E-state index in [0.29, 0.717) is 79.6 Å². The summed E-state index contributed by atoms with van der Waals surface area (Å²) in [6, 6.07) is 8.32. The van der Waals surface area contributed by atoms with Crippen molar-refractivity contribution >= 4 is 45.3 Å². The fourth-order valence-corrected chi connectivity index (χ4v) is 4.89. The van der Waals surface area contributed by atoms with Crippen molar-refractivity contribution in [3.8, 4) is 6.07 Å². The van der Waals surface area contributed by atoms with Crippen molar-refractivity contribution in [2.45, 2.75) is 46.6 Å². The summed E-state index contributed by atoms with van der Waals surface area (Å²) < 4.78 is 31.6. The highest BCUT2D eigenvalue weighted by atomic mass is 32.1. The van der Waals surface area contributed by atoms with Gasteiger partial charge in [-0.3, -0.25) is 9.59 Å². The third kappa shape index (κ3) is 13.6. The van der Waals surface area contributed by atoms with Crippen LogP contribution in [-0.2, 0) is 38.0 Å². The molecule has 0 aliphatic heterocycles. The summed E-state index contributed by atoms with van der Waals surface area (Å²) in [4.78, 5) is 28.7. The number of ether oxygens (including phenoxy) is 6. The highest BCUT2D eigenvalue weighted by molar-refractivity contribution is 7.17. The van der Waals surface area contributed by atoms with Gasteiger partial charge in [0, 0.05) is 18.3 Å². The molecule has 2 aromatic rings. The lowest BCUT2D eigenvalue weighted by molar-refractivity contribution is -0.150. The van der Waals surface area contributed by atoms with Crippen LogP contribution in [0, 0.1) is 31.8 Å². The topological polar surface area (TPSA) is 146 Å². The lowest BCUT2D eigenvalue weighted by atomic mass is 10.1. The second kappa shape index (κ2) is 21.8. The fraction of sp³-hybridized carbons (Fsp3) is 0.562. The summed E-state index contributed by atoms with van der Waals surface area (Å²) in [5.41, 5.74) is 3.71. The minimum Gasteiger partial charge on any atom is -0.469 e. The van der Waals surface area contributed by atoms with Crippen LogP contribution in [0.2, 0.25) is 0 Å². The molecule has 2 rings (SSSR count). The predicted octanol–water partition coefficient (Wildman–Crippen LogP) is 5.98. The zero-order valence-electron chi connectivity index (χ0n) is 27.2. The summed E-state index contributed by atoms with van der Waals surface area (Å²) in [6.07, 6.45) is -0.0172. The van der Waals surface area contributed by atoms with Crippen molar-refractivity contribution in [3.05, 3.63) is 45.6 Å². The molecule has 0 unspecified atom stereocenters. The van der Waals surface area contributed by atoms with Gasteiger partial charge in [-0.05, 0) is 57.0 Å². The number of hydrogen-bond donors (Lipinski definition) is 0. The Hall–Kier alpha value is -3.92. The second-order valence-corrected chi connectivity index (χ2v) is 11.1. The van der Waals surface area contributed by atoms with Gasteiger partial charge in [0.05, 0.1) is 89.9 Å². The second-order valence-electron chi connectivity index (χ2n) is 10.1. The molecule has 0 atom stereocenters. The Kier molecular flexibility index (Phi) is 18.1. The number of thiophene rings is 1. The van der Waals surface area contributed by atoms with E-state index in [4.69, 9.17) is 30.3 Å². The zero-order chi connectivity index (χ0) is 33.7. The summed E-state index contributed by atoms with van der Waals surface area (Å²) in [5.74, 6) is -0.919. The van der Waals surface area contributed by atoms with Crippen LogP contribution >= 0.6 is 11.3 Å². The molecule has 0 saturated carbocycles. The molecule has 13 nitrogen and oxygen atoms in total. The van der Waals surface area contributed by atoms with Crippen molar-refractivity contribution in [3.63, 3.8) is 0 Å². The number of azo groups is 1. The van der Waals surface area contributed by atoms with Gasteiger partial charge < -0.3 is 33.3 Å². The molecular weight excluding hydrogens is 614 g/mol. The number of esters is 2. The lowest BCUT2D eigenvalue weighted by Crippen LogP contribution is -2.34. The van der Waals surface area contributed by atoms with Crippen LogP contribution < -0.4 is 4.90 Å². The number of aryl methyl sites for hydroxylation is 1. The van der Waals surface area contributed by atoms with E-state index in [-0.39, 0.29) is 32.1 Å². The van der Waals surface area contributed by atoms with Crippen molar-refractivity contribution in [1.82, 2.24) is 0 Å². The Balaban J connectivity index is 1.59. The van der Waals surface area contributed by atoms with Gasteiger partial charge >= 0.3 is 11.9 Å². The van der Waals surface area contributed by atoms with Crippen LogP contribution in [0.1, 0.15) is 42.7 Å². The maximum Gasteiger partial charge on any atom is 0.306 e. The van der Waals surface area contributed by atoms with E-state index in [1.807, 2.05) is 19.1 Å². The van der Waals surface area contributed by atoms with E-state index in [1.165, 1.54) is 18.4 Å². The van der Waals surface area contributed by atoms with Crippen molar-refractivity contribution in [1.29, 1.82) is 5.26 Å². The molecule has 250 valence electrons. The van der Waals surface area contributed by atoms with Crippen molar-refractivity contribution < 1.29 is 38.0 Å². The van der Waals surface area contributed by atoms with Crippen LogP contribution in [0.25, 0.3) is 4.85 Å². The van der Waals surface area contributed by atoms with Gasteiger partial charge in [-0.2, -0.15) is 15.5 Å². The molecule has 46 heavy (non-hydrogen) atoms. The zero-order valence-corrected chi connectivity index (χ0v) is 28.0. The predicted molar refractivity (Wildman–Crippen MR) is 173 cm³/mol. The maximum absolute atomic E-state index is 11.4. The third-order valence-electron chi connectivity index (χ3n) is 6.54. The first-order chi connectivity index (χ1) is 22.2. The van der Waals surface area contributed by atoms with Crippen LogP contribution in [0.15, 0.2) is 28.4 Å². The van der Waals surface area contributed by atoms with Gasteiger partial charge in [0.1, 0.15) is 17.7 Å². The van der Waals surface area contributed by atoms with E-state index in [2.05, 4.69) is 50.7 Å². The average Bonchev–Trinajstić information content (AvgIpc) is 3.36. The number of rotatable bonds is 22. The van der Waals surface area contributed by atoms with Crippen LogP contribution in [0.4, 0.5) is 22.1 Å². The van der Waals surface area contributed by atoms with Crippen LogP contribution in [0.3, 0.4) is 0 Å². The molecule has 0 spiro atoms. The minimum atomic E-state index is -0.468. The highest BCUT2D eigenvalue weighted by Crippen LogP contribution is 2.42. The van der Waals surface area contributed by atoms with E-state index in [1.54, 1.807) is 6.92 Å². The Labute approximate surface area is 274 Å². The SMILES string of the molecule is [C-]#[N+]c1c(N=Nc2ccc(N(CCOCCOCCOCCOCCOC(=O)CCC(=O)OC)C(C)C)cc2C)sc(C#N)c1C. The molecule has 0 aliphatic rings. The van der Waals surface area contributed by atoms with Crippen molar-refractivity contribution in [2.24, 2.45) is 10.2 Å². The number of hydrogen-bond acceptors (Lipinski definition) is 13. The van der Waals surface area contributed by atoms with Gasteiger partial charge in [-0.15, -0.1) is 11.3 Å². The number of methoxy groups -OCH3 is 1. The number of carbonyl (C=O) groups excluding carboxylic acids is 2. The van der Waals surface area contributed by atoms with Gasteiger partial charge in [-0.1, -0.05) is 0 Å². The Bertz CT molecular complexity index is 1370. The molecule has 0 bridgehead atoms. The number of nitrogens with zero attached hydrogens (tertiary/aromatic N) is 5. The van der Waals surface area contributed by atoms with E-state index >= 15 is 0 Å². The van der Waals surface area contributed by atoms with Gasteiger partial charge in [0.25, 0.3) is 0 Å². The minimum absolute atomic E-state index is 0.00176. The average molecular weight is 658 g/mol. The summed E-state index contributed by atoms with van der Waals surface area (Å²) >= 11 is 1.18. The van der Waals surface area contributed by atoms with E-state index in [0.717, 1.165) is 11.3 Å². The Morgan fingerprint density at radius 2 is 1.52 bits per heavy atom. The Morgan fingerprint density at radius 1 is 0.935 bits per heavy atom. The highest BCUT2D eigenvalue weighted by Gasteiger charge is 2.16. The van der Waals surface area contributed by atoms with Crippen LogP contribution in [-0.4, -0.2) is 91.1 Å². The first-order valence-electron chi connectivity index (χ1n) is 14.9. The van der Waals surface area contributed by atoms with Gasteiger partial charge in [0.15, 0.2) is 0 Å². The lowest BCUT2D eigenvalue weighted by Gasteiger charge is -2.29. The van der Waals surface area contributed by atoms with Crippen LogP contribution in [0.5, 0.6) is 0 Å². The number of anilines is 1. The van der Waals surface area contributed by atoms with Gasteiger partial charge in [0.2, 0.25) is 5.69 Å². The summed E-state index contributed by atoms with van der Waals surface area (Å²) in [6.45, 7) is 19.5. The molecule has 1 heterocycles. The molecule has 1 aromatic carbocycles. The molecule has 14 heteroatoms. The quantitative estimate of drug-likeness (QED) is 0.0641. The maximum atomic E-state index is 11.4. The molecule has 0 N–H and O–H groups in total. The first kappa shape index (κ1) is 38.3. The molecule has 0 amide bonds. The van der Waals surface area contributed by atoms with E-state index in [9.17, 15) is 14.9 Å². The molecule has 0 saturated heterocycles. The number of nitriles is 1. The number of benzene rings is 1. The summed E-state index contributed by atoms with van der Waals surface area (Å²) in [5, 5.41) is 18.3. The molecular formula is C32H43N5O8S. The Morgan fingerprint density at radius 3 is 2.07 bits per heavy atom. The molecule has 0 aliphatic carbocycles. The molecule has 0 radical (unpaired) electrons. The smallest absolute Gasteiger partial charge is 0.306 e. The third-order valence-corrected chi connectivity index (χ3v) is 7.61. The van der Waals surface area contributed by atoms with Crippen molar-refractivity contribution in [2.75, 3.05) is 78.0 Å².